The van der Waals surface area contributed by atoms with Crippen molar-refractivity contribution in [1.82, 2.24) is 9.88 Å². The number of rotatable bonds is 4. The second-order valence-corrected chi connectivity index (χ2v) is 6.00. The molecule has 0 unspecified atom stereocenters. The predicted octanol–water partition coefficient (Wildman–Crippen LogP) is 3.10. The summed E-state index contributed by atoms with van der Waals surface area (Å²) in [6, 6.07) is 7.81. The van der Waals surface area contributed by atoms with E-state index < -0.39 is 4.92 Å². The van der Waals surface area contributed by atoms with E-state index in [1.54, 1.807) is 18.2 Å². The van der Waals surface area contributed by atoms with E-state index in [0.717, 1.165) is 26.2 Å². The molecule has 0 amide bonds. The van der Waals surface area contributed by atoms with E-state index in [-0.39, 0.29) is 11.5 Å². The van der Waals surface area contributed by atoms with E-state index >= 15 is 0 Å². The molecule has 3 rings (SSSR count). The van der Waals surface area contributed by atoms with Crippen molar-refractivity contribution < 1.29 is 9.31 Å². The quantitative estimate of drug-likeness (QED) is 0.626. The van der Waals surface area contributed by atoms with Gasteiger partial charge in [0.15, 0.2) is 0 Å². The van der Waals surface area contributed by atoms with E-state index in [1.165, 1.54) is 18.3 Å². The number of benzene rings is 1. The van der Waals surface area contributed by atoms with Crippen LogP contribution in [0.3, 0.4) is 0 Å². The molecule has 0 aliphatic carbocycles. The van der Waals surface area contributed by atoms with Crippen LogP contribution < -0.4 is 4.90 Å². The summed E-state index contributed by atoms with van der Waals surface area (Å²) >= 11 is 6.07. The number of halogens is 2. The van der Waals surface area contributed by atoms with Gasteiger partial charge in [0.1, 0.15) is 17.8 Å². The lowest BCUT2D eigenvalue weighted by atomic mass is 10.2. The third kappa shape index (κ3) is 3.63. The molecule has 6 nitrogen and oxygen atoms in total. The molecule has 0 radical (unpaired) electrons. The Morgan fingerprint density at radius 1 is 1.21 bits per heavy atom. The number of hydrogen-bond acceptors (Lipinski definition) is 5. The third-order valence-electron chi connectivity index (χ3n) is 4.08. The van der Waals surface area contributed by atoms with Gasteiger partial charge in [0.25, 0.3) is 5.69 Å². The van der Waals surface area contributed by atoms with Gasteiger partial charge in [0.05, 0.1) is 4.92 Å². The maximum absolute atomic E-state index is 13.9. The first kappa shape index (κ1) is 16.6. The Bertz CT molecular complexity index is 713. The Labute approximate surface area is 143 Å². The minimum absolute atomic E-state index is 0.0217. The summed E-state index contributed by atoms with van der Waals surface area (Å²) in [6.07, 6.45) is 1.26. The number of nitro groups is 1. The van der Waals surface area contributed by atoms with Crippen LogP contribution in [0.2, 0.25) is 5.02 Å². The lowest BCUT2D eigenvalue weighted by molar-refractivity contribution is -0.385. The first-order valence-electron chi connectivity index (χ1n) is 7.55. The molecular formula is C16H16ClFN4O2. The Balaban J connectivity index is 1.60. The number of anilines is 1. The Hall–Kier alpha value is -2.25. The average Bonchev–Trinajstić information content (AvgIpc) is 2.59. The van der Waals surface area contributed by atoms with Crippen molar-refractivity contribution in [2.45, 2.75) is 6.54 Å². The number of aromatic nitrogens is 1. The SMILES string of the molecule is O=[N+]([O-])c1ccc(N2CCN(Cc3c(F)cccc3Cl)CC2)nc1. The van der Waals surface area contributed by atoms with Gasteiger partial charge in [0, 0.05) is 49.4 Å². The van der Waals surface area contributed by atoms with Gasteiger partial charge in [-0.25, -0.2) is 9.37 Å². The van der Waals surface area contributed by atoms with Gasteiger partial charge < -0.3 is 4.90 Å². The fraction of sp³-hybridized carbons (Fsp3) is 0.312. The van der Waals surface area contributed by atoms with Crippen LogP contribution in [-0.2, 0) is 6.54 Å². The number of pyridine rings is 1. The van der Waals surface area contributed by atoms with E-state index in [0.29, 0.717) is 22.9 Å². The fourth-order valence-corrected chi connectivity index (χ4v) is 2.94. The van der Waals surface area contributed by atoms with E-state index in [2.05, 4.69) is 14.8 Å². The zero-order chi connectivity index (χ0) is 17.1. The van der Waals surface area contributed by atoms with Crippen LogP contribution in [0, 0.1) is 15.9 Å². The standard InChI is InChI=1S/C16H16ClFN4O2/c17-14-2-1-3-15(18)13(14)11-20-6-8-21(9-7-20)16-5-4-12(10-19-16)22(23)24/h1-5,10H,6-9,11H2. The maximum atomic E-state index is 13.9. The molecular weight excluding hydrogens is 335 g/mol. The van der Waals surface area contributed by atoms with Crippen molar-refractivity contribution in [3.63, 3.8) is 0 Å². The highest BCUT2D eigenvalue weighted by Crippen LogP contribution is 2.22. The molecule has 1 saturated heterocycles. The molecule has 0 N–H and O–H groups in total. The molecule has 1 fully saturated rings. The first-order chi connectivity index (χ1) is 11.5. The van der Waals surface area contributed by atoms with Crippen molar-refractivity contribution in [3.8, 4) is 0 Å². The molecule has 2 aromatic rings. The van der Waals surface area contributed by atoms with Crippen molar-refractivity contribution >= 4 is 23.1 Å². The summed E-state index contributed by atoms with van der Waals surface area (Å²) in [6.45, 7) is 3.38. The minimum Gasteiger partial charge on any atom is -0.354 e. The normalized spacial score (nSPS) is 15.5. The van der Waals surface area contributed by atoms with E-state index in [1.807, 2.05) is 0 Å². The van der Waals surface area contributed by atoms with Crippen LogP contribution >= 0.6 is 11.6 Å². The lowest BCUT2D eigenvalue weighted by Crippen LogP contribution is -2.46. The molecule has 0 spiro atoms. The summed E-state index contributed by atoms with van der Waals surface area (Å²) < 4.78 is 13.9. The largest absolute Gasteiger partial charge is 0.354 e. The number of hydrogen-bond donors (Lipinski definition) is 0. The molecule has 2 heterocycles. The number of nitrogens with zero attached hydrogens (tertiary/aromatic N) is 4. The zero-order valence-corrected chi connectivity index (χ0v) is 13.6. The molecule has 0 bridgehead atoms. The van der Waals surface area contributed by atoms with E-state index in [4.69, 9.17) is 11.6 Å². The zero-order valence-electron chi connectivity index (χ0n) is 12.9. The highest BCUT2D eigenvalue weighted by molar-refractivity contribution is 6.31. The van der Waals surface area contributed by atoms with Gasteiger partial charge in [-0.15, -0.1) is 0 Å². The Kier molecular flexibility index (Phi) is 4.92. The van der Waals surface area contributed by atoms with Crippen LogP contribution in [0.1, 0.15) is 5.56 Å². The highest BCUT2D eigenvalue weighted by Gasteiger charge is 2.20. The second kappa shape index (κ2) is 7.11. The van der Waals surface area contributed by atoms with Crippen molar-refractivity contribution in [3.05, 3.63) is 63.0 Å². The summed E-state index contributed by atoms with van der Waals surface area (Å²) in [7, 11) is 0. The summed E-state index contributed by atoms with van der Waals surface area (Å²) in [4.78, 5) is 18.5. The topological polar surface area (TPSA) is 62.5 Å². The fourth-order valence-electron chi connectivity index (χ4n) is 2.72. The molecule has 126 valence electrons. The highest BCUT2D eigenvalue weighted by atomic mass is 35.5. The van der Waals surface area contributed by atoms with Crippen molar-refractivity contribution in [2.24, 2.45) is 0 Å². The lowest BCUT2D eigenvalue weighted by Gasteiger charge is -2.35. The third-order valence-corrected chi connectivity index (χ3v) is 4.44. The number of piperazine rings is 1. The first-order valence-corrected chi connectivity index (χ1v) is 7.93. The monoisotopic (exact) mass is 350 g/mol. The predicted molar refractivity (Wildman–Crippen MR) is 89.8 cm³/mol. The van der Waals surface area contributed by atoms with Crippen LogP contribution in [0.4, 0.5) is 15.9 Å². The van der Waals surface area contributed by atoms with Gasteiger partial charge in [-0.2, -0.15) is 0 Å². The molecule has 8 heteroatoms. The average molecular weight is 351 g/mol. The Morgan fingerprint density at radius 3 is 2.54 bits per heavy atom. The molecule has 24 heavy (non-hydrogen) atoms. The van der Waals surface area contributed by atoms with Gasteiger partial charge in [-0.1, -0.05) is 17.7 Å². The molecule has 1 aromatic carbocycles. The van der Waals surface area contributed by atoms with Gasteiger partial charge in [-0.3, -0.25) is 15.0 Å². The Morgan fingerprint density at radius 2 is 1.96 bits per heavy atom. The summed E-state index contributed by atoms with van der Waals surface area (Å²) in [5.74, 6) is 0.422. The molecule has 1 aliphatic heterocycles. The van der Waals surface area contributed by atoms with Crippen LogP contribution in [0.15, 0.2) is 36.5 Å². The van der Waals surface area contributed by atoms with Gasteiger partial charge in [-0.05, 0) is 18.2 Å². The molecule has 1 aromatic heterocycles. The van der Waals surface area contributed by atoms with Crippen molar-refractivity contribution in [1.29, 1.82) is 0 Å². The molecule has 0 atom stereocenters. The molecule has 0 saturated carbocycles. The van der Waals surface area contributed by atoms with Crippen LogP contribution in [-0.4, -0.2) is 41.0 Å². The summed E-state index contributed by atoms with van der Waals surface area (Å²) in [5.41, 5.74) is 0.493. The van der Waals surface area contributed by atoms with Crippen LogP contribution in [0.25, 0.3) is 0 Å². The van der Waals surface area contributed by atoms with Crippen molar-refractivity contribution in [2.75, 3.05) is 31.1 Å². The maximum Gasteiger partial charge on any atom is 0.287 e. The van der Waals surface area contributed by atoms with Gasteiger partial charge in [0.2, 0.25) is 0 Å². The second-order valence-electron chi connectivity index (χ2n) is 5.60. The summed E-state index contributed by atoms with van der Waals surface area (Å²) in [5, 5.41) is 11.1. The van der Waals surface area contributed by atoms with E-state index in [9.17, 15) is 14.5 Å². The smallest absolute Gasteiger partial charge is 0.287 e. The minimum atomic E-state index is -0.465. The molecule has 1 aliphatic rings. The van der Waals surface area contributed by atoms with Crippen LogP contribution in [0.5, 0.6) is 0 Å². The van der Waals surface area contributed by atoms with Gasteiger partial charge >= 0.3 is 0 Å².